The zero-order chi connectivity index (χ0) is 13.2. The van der Waals surface area contributed by atoms with Crippen molar-refractivity contribution in [3.8, 4) is 5.75 Å². The van der Waals surface area contributed by atoms with Gasteiger partial charge in [-0.25, -0.2) is 0 Å². The molecule has 100 valence electrons. The standard InChI is InChI=1S/C14H16N2O3/c1-9-15-14(16-19-9)8-18-11-6-5-10-3-2-4-13(17)12(10)7-11/h5-7,13,17H,2-4,8H2,1H3. The molecule has 0 spiro atoms. The highest BCUT2D eigenvalue weighted by atomic mass is 16.5. The maximum absolute atomic E-state index is 9.98. The third-order valence-electron chi connectivity index (χ3n) is 3.34. The van der Waals surface area contributed by atoms with Crippen molar-refractivity contribution in [2.45, 2.75) is 38.9 Å². The average Bonchev–Trinajstić information content (AvgIpc) is 2.83. The summed E-state index contributed by atoms with van der Waals surface area (Å²) in [5.74, 6) is 1.78. The molecule has 0 bridgehead atoms. The van der Waals surface area contributed by atoms with Gasteiger partial charge in [0.2, 0.25) is 11.7 Å². The van der Waals surface area contributed by atoms with Gasteiger partial charge in [-0.3, -0.25) is 0 Å². The van der Waals surface area contributed by atoms with E-state index in [0.29, 0.717) is 11.7 Å². The van der Waals surface area contributed by atoms with Gasteiger partial charge >= 0.3 is 0 Å². The first-order valence-corrected chi connectivity index (χ1v) is 6.45. The van der Waals surface area contributed by atoms with Crippen molar-refractivity contribution < 1.29 is 14.4 Å². The maximum Gasteiger partial charge on any atom is 0.223 e. The fourth-order valence-corrected chi connectivity index (χ4v) is 2.39. The molecule has 2 aromatic rings. The molecule has 1 heterocycles. The van der Waals surface area contributed by atoms with Crippen LogP contribution in [0.15, 0.2) is 22.7 Å². The first-order chi connectivity index (χ1) is 9.22. The molecule has 0 fully saturated rings. The number of ether oxygens (including phenoxy) is 1. The molecule has 0 saturated heterocycles. The molecule has 5 heteroatoms. The summed E-state index contributed by atoms with van der Waals surface area (Å²) >= 11 is 0. The van der Waals surface area contributed by atoms with E-state index in [1.54, 1.807) is 6.92 Å². The normalized spacial score (nSPS) is 18.1. The molecule has 1 atom stereocenters. The Bertz CT molecular complexity index is 580. The highest BCUT2D eigenvalue weighted by Gasteiger charge is 2.18. The first-order valence-electron chi connectivity index (χ1n) is 6.45. The predicted molar refractivity (Wildman–Crippen MR) is 67.7 cm³/mol. The Morgan fingerprint density at radius 1 is 1.47 bits per heavy atom. The van der Waals surface area contributed by atoms with Gasteiger partial charge in [0.05, 0.1) is 6.10 Å². The lowest BCUT2D eigenvalue weighted by molar-refractivity contribution is 0.156. The summed E-state index contributed by atoms with van der Waals surface area (Å²) in [6, 6.07) is 5.85. The van der Waals surface area contributed by atoms with Gasteiger partial charge < -0.3 is 14.4 Å². The molecule has 0 radical (unpaired) electrons. The zero-order valence-electron chi connectivity index (χ0n) is 10.8. The molecule has 1 aromatic heterocycles. The van der Waals surface area contributed by atoms with Crippen molar-refractivity contribution in [1.29, 1.82) is 0 Å². The summed E-state index contributed by atoms with van der Waals surface area (Å²) in [6.45, 7) is 2.01. The Morgan fingerprint density at radius 2 is 2.37 bits per heavy atom. The summed E-state index contributed by atoms with van der Waals surface area (Å²) in [6.07, 6.45) is 2.51. The zero-order valence-corrected chi connectivity index (χ0v) is 10.8. The summed E-state index contributed by atoms with van der Waals surface area (Å²) in [4.78, 5) is 4.08. The van der Waals surface area contributed by atoms with Gasteiger partial charge in [-0.05, 0) is 42.5 Å². The Labute approximate surface area is 111 Å². The van der Waals surface area contributed by atoms with Crippen LogP contribution in [0.1, 0.15) is 41.8 Å². The van der Waals surface area contributed by atoms with E-state index in [0.717, 1.165) is 30.6 Å². The van der Waals surface area contributed by atoms with E-state index in [1.165, 1.54) is 5.56 Å². The second-order valence-electron chi connectivity index (χ2n) is 4.79. The van der Waals surface area contributed by atoms with E-state index in [-0.39, 0.29) is 12.7 Å². The lowest BCUT2D eigenvalue weighted by Crippen LogP contribution is -2.09. The minimum atomic E-state index is -0.375. The summed E-state index contributed by atoms with van der Waals surface area (Å²) in [7, 11) is 0. The smallest absolute Gasteiger partial charge is 0.223 e. The van der Waals surface area contributed by atoms with E-state index >= 15 is 0 Å². The molecule has 1 aliphatic carbocycles. The Kier molecular flexibility index (Phi) is 3.21. The number of hydrogen-bond acceptors (Lipinski definition) is 5. The van der Waals surface area contributed by atoms with Gasteiger partial charge in [-0.2, -0.15) is 4.98 Å². The molecule has 0 aliphatic heterocycles. The van der Waals surface area contributed by atoms with E-state index in [2.05, 4.69) is 10.1 Å². The molecule has 0 saturated carbocycles. The molecular formula is C14H16N2O3. The van der Waals surface area contributed by atoms with Gasteiger partial charge in [0, 0.05) is 6.92 Å². The second kappa shape index (κ2) is 5.01. The number of benzene rings is 1. The van der Waals surface area contributed by atoms with Crippen LogP contribution in [-0.4, -0.2) is 15.2 Å². The molecule has 1 aliphatic rings. The van der Waals surface area contributed by atoms with E-state index in [4.69, 9.17) is 9.26 Å². The second-order valence-corrected chi connectivity index (χ2v) is 4.79. The quantitative estimate of drug-likeness (QED) is 0.917. The van der Waals surface area contributed by atoms with Gasteiger partial charge in [0.15, 0.2) is 6.61 Å². The van der Waals surface area contributed by atoms with Crippen LogP contribution in [0.3, 0.4) is 0 Å². The fourth-order valence-electron chi connectivity index (χ4n) is 2.39. The molecule has 1 aromatic carbocycles. The van der Waals surface area contributed by atoms with Crippen LogP contribution in [0.25, 0.3) is 0 Å². The van der Waals surface area contributed by atoms with Crippen molar-refractivity contribution in [3.63, 3.8) is 0 Å². The van der Waals surface area contributed by atoms with Crippen LogP contribution in [0.2, 0.25) is 0 Å². The Morgan fingerprint density at radius 3 is 3.16 bits per heavy atom. The summed E-state index contributed by atoms with van der Waals surface area (Å²) < 4.78 is 10.5. The van der Waals surface area contributed by atoms with Crippen LogP contribution in [-0.2, 0) is 13.0 Å². The maximum atomic E-state index is 9.98. The summed E-state index contributed by atoms with van der Waals surface area (Å²) in [5, 5.41) is 13.8. The minimum absolute atomic E-state index is 0.270. The van der Waals surface area contributed by atoms with Crippen LogP contribution in [0.4, 0.5) is 0 Å². The van der Waals surface area contributed by atoms with Crippen molar-refractivity contribution in [2.75, 3.05) is 0 Å². The summed E-state index contributed by atoms with van der Waals surface area (Å²) in [5.41, 5.74) is 2.19. The van der Waals surface area contributed by atoms with Gasteiger partial charge in [0.1, 0.15) is 5.75 Å². The Hall–Kier alpha value is -1.88. The lowest BCUT2D eigenvalue weighted by atomic mass is 9.89. The molecule has 0 amide bonds. The number of fused-ring (bicyclic) bond motifs is 1. The molecule has 1 N–H and O–H groups in total. The predicted octanol–water partition coefficient (Wildman–Crippen LogP) is 2.33. The van der Waals surface area contributed by atoms with Crippen molar-refractivity contribution in [2.24, 2.45) is 0 Å². The Balaban J connectivity index is 1.73. The third kappa shape index (κ3) is 2.61. The first kappa shape index (κ1) is 12.2. The number of aliphatic hydroxyl groups is 1. The highest BCUT2D eigenvalue weighted by molar-refractivity contribution is 5.38. The largest absolute Gasteiger partial charge is 0.485 e. The number of aliphatic hydroxyl groups excluding tert-OH is 1. The number of rotatable bonds is 3. The van der Waals surface area contributed by atoms with Crippen LogP contribution < -0.4 is 4.74 Å². The number of aromatic nitrogens is 2. The van der Waals surface area contributed by atoms with E-state index in [1.807, 2.05) is 18.2 Å². The van der Waals surface area contributed by atoms with Gasteiger partial charge in [0.25, 0.3) is 0 Å². The van der Waals surface area contributed by atoms with E-state index in [9.17, 15) is 5.11 Å². The van der Waals surface area contributed by atoms with Gasteiger partial charge in [-0.1, -0.05) is 11.2 Å². The molecule has 19 heavy (non-hydrogen) atoms. The number of nitrogens with zero attached hydrogens (tertiary/aromatic N) is 2. The van der Waals surface area contributed by atoms with Crippen molar-refractivity contribution in [3.05, 3.63) is 41.0 Å². The molecule has 3 rings (SSSR count). The molecule has 5 nitrogen and oxygen atoms in total. The SMILES string of the molecule is Cc1nc(COc2ccc3c(c2)C(O)CCC3)no1. The monoisotopic (exact) mass is 260 g/mol. The van der Waals surface area contributed by atoms with E-state index < -0.39 is 0 Å². The minimum Gasteiger partial charge on any atom is -0.485 e. The van der Waals surface area contributed by atoms with Crippen LogP contribution in [0, 0.1) is 6.92 Å². The third-order valence-corrected chi connectivity index (χ3v) is 3.34. The average molecular weight is 260 g/mol. The fraction of sp³-hybridized carbons (Fsp3) is 0.429. The highest BCUT2D eigenvalue weighted by Crippen LogP contribution is 2.32. The van der Waals surface area contributed by atoms with Crippen LogP contribution >= 0.6 is 0 Å². The van der Waals surface area contributed by atoms with Crippen molar-refractivity contribution >= 4 is 0 Å². The molecular weight excluding hydrogens is 244 g/mol. The molecule has 1 unspecified atom stereocenters. The van der Waals surface area contributed by atoms with Crippen LogP contribution in [0.5, 0.6) is 5.75 Å². The lowest BCUT2D eigenvalue weighted by Gasteiger charge is -2.21. The topological polar surface area (TPSA) is 68.4 Å². The number of aryl methyl sites for hydroxylation is 2. The van der Waals surface area contributed by atoms with Gasteiger partial charge in [-0.15, -0.1) is 0 Å². The van der Waals surface area contributed by atoms with Crippen molar-refractivity contribution in [1.82, 2.24) is 10.1 Å². The number of hydrogen-bond donors (Lipinski definition) is 1.